The van der Waals surface area contributed by atoms with Crippen LogP contribution in [-0.2, 0) is 4.74 Å². The fourth-order valence-corrected chi connectivity index (χ4v) is 1.42. The van der Waals surface area contributed by atoms with Crippen molar-refractivity contribution in [1.29, 1.82) is 0 Å². The first-order chi connectivity index (χ1) is 9.00. The molecule has 0 amide bonds. The highest BCUT2D eigenvalue weighted by atomic mass is 16.6. The third-order valence-electron chi connectivity index (χ3n) is 2.42. The SMILES string of the molecule is Cc1cnc(NCCOCCN(C)C)c([N+](=O)[O-])c1. The zero-order valence-electron chi connectivity index (χ0n) is 11.5. The summed E-state index contributed by atoms with van der Waals surface area (Å²) >= 11 is 0. The Hall–Kier alpha value is -1.73. The van der Waals surface area contributed by atoms with Gasteiger partial charge in [-0.3, -0.25) is 10.1 Å². The summed E-state index contributed by atoms with van der Waals surface area (Å²) in [7, 11) is 3.95. The molecule has 0 unspecified atom stereocenters. The first-order valence-electron chi connectivity index (χ1n) is 6.08. The summed E-state index contributed by atoms with van der Waals surface area (Å²) in [4.78, 5) is 16.5. The molecule has 19 heavy (non-hydrogen) atoms. The van der Waals surface area contributed by atoms with Crippen LogP contribution in [-0.4, -0.2) is 55.2 Å². The van der Waals surface area contributed by atoms with Gasteiger partial charge in [0.15, 0.2) is 0 Å². The monoisotopic (exact) mass is 268 g/mol. The molecule has 1 heterocycles. The van der Waals surface area contributed by atoms with Gasteiger partial charge in [0.1, 0.15) is 0 Å². The minimum absolute atomic E-state index is 0.00621. The van der Waals surface area contributed by atoms with Crippen LogP contribution in [0.5, 0.6) is 0 Å². The highest BCUT2D eigenvalue weighted by Crippen LogP contribution is 2.21. The van der Waals surface area contributed by atoms with Crippen molar-refractivity contribution in [2.45, 2.75) is 6.92 Å². The summed E-state index contributed by atoms with van der Waals surface area (Å²) in [5.74, 6) is 0.284. The topological polar surface area (TPSA) is 80.5 Å². The molecule has 0 fully saturated rings. The van der Waals surface area contributed by atoms with E-state index >= 15 is 0 Å². The molecule has 7 nitrogen and oxygen atoms in total. The lowest BCUT2D eigenvalue weighted by Crippen LogP contribution is -2.20. The van der Waals surface area contributed by atoms with Gasteiger partial charge in [0.05, 0.1) is 18.1 Å². The van der Waals surface area contributed by atoms with E-state index in [1.807, 2.05) is 19.0 Å². The lowest BCUT2D eigenvalue weighted by Gasteiger charge is -2.10. The van der Waals surface area contributed by atoms with Gasteiger partial charge in [0, 0.05) is 25.4 Å². The van der Waals surface area contributed by atoms with E-state index in [4.69, 9.17) is 4.74 Å². The van der Waals surface area contributed by atoms with Gasteiger partial charge in [-0.1, -0.05) is 0 Å². The van der Waals surface area contributed by atoms with Crippen molar-refractivity contribution in [1.82, 2.24) is 9.88 Å². The number of pyridine rings is 1. The van der Waals surface area contributed by atoms with Crippen molar-refractivity contribution in [2.24, 2.45) is 0 Å². The molecule has 0 saturated carbocycles. The normalized spacial score (nSPS) is 10.7. The molecule has 0 spiro atoms. The zero-order valence-corrected chi connectivity index (χ0v) is 11.5. The number of nitrogens with zero attached hydrogens (tertiary/aromatic N) is 3. The average molecular weight is 268 g/mol. The van der Waals surface area contributed by atoms with Crippen LogP contribution in [0.25, 0.3) is 0 Å². The summed E-state index contributed by atoms with van der Waals surface area (Å²) in [6.07, 6.45) is 1.60. The number of likely N-dealkylation sites (N-methyl/N-ethyl adjacent to an activating group) is 1. The summed E-state index contributed by atoms with van der Waals surface area (Å²) in [6.45, 7) is 4.24. The van der Waals surface area contributed by atoms with E-state index < -0.39 is 4.92 Å². The van der Waals surface area contributed by atoms with Crippen LogP contribution in [0, 0.1) is 17.0 Å². The molecule has 1 aromatic rings. The Morgan fingerprint density at radius 1 is 1.47 bits per heavy atom. The Balaban J connectivity index is 2.39. The molecular formula is C12H20N4O3. The van der Waals surface area contributed by atoms with Crippen molar-refractivity contribution in [2.75, 3.05) is 45.7 Å². The van der Waals surface area contributed by atoms with Crippen molar-refractivity contribution >= 4 is 11.5 Å². The maximum absolute atomic E-state index is 10.9. The van der Waals surface area contributed by atoms with Crippen molar-refractivity contribution in [3.05, 3.63) is 27.9 Å². The van der Waals surface area contributed by atoms with Gasteiger partial charge in [-0.05, 0) is 26.6 Å². The number of aromatic nitrogens is 1. The molecule has 0 atom stereocenters. The highest BCUT2D eigenvalue weighted by Gasteiger charge is 2.14. The number of anilines is 1. The highest BCUT2D eigenvalue weighted by molar-refractivity contribution is 5.56. The van der Waals surface area contributed by atoms with E-state index in [0.717, 1.165) is 12.1 Å². The van der Waals surface area contributed by atoms with E-state index in [9.17, 15) is 10.1 Å². The molecule has 0 bridgehead atoms. The molecule has 1 N–H and O–H groups in total. The van der Waals surface area contributed by atoms with Crippen LogP contribution in [0.1, 0.15) is 5.56 Å². The molecule has 0 aromatic carbocycles. The van der Waals surface area contributed by atoms with Gasteiger partial charge in [0.2, 0.25) is 5.82 Å². The molecule has 1 aromatic heterocycles. The molecule has 1 rings (SSSR count). The van der Waals surface area contributed by atoms with E-state index in [-0.39, 0.29) is 11.5 Å². The predicted molar refractivity (Wildman–Crippen MR) is 73.5 cm³/mol. The van der Waals surface area contributed by atoms with Crippen LogP contribution in [0.2, 0.25) is 0 Å². The largest absolute Gasteiger partial charge is 0.378 e. The molecule has 0 aliphatic rings. The average Bonchev–Trinajstić information content (AvgIpc) is 2.34. The molecular weight excluding hydrogens is 248 g/mol. The van der Waals surface area contributed by atoms with Crippen LogP contribution < -0.4 is 5.32 Å². The quantitative estimate of drug-likeness (QED) is 0.434. The first kappa shape index (κ1) is 15.3. The first-order valence-corrected chi connectivity index (χ1v) is 6.08. The van der Waals surface area contributed by atoms with Crippen LogP contribution in [0.3, 0.4) is 0 Å². The third kappa shape index (κ3) is 5.62. The van der Waals surface area contributed by atoms with E-state index in [1.54, 1.807) is 13.1 Å². The summed E-state index contributed by atoms with van der Waals surface area (Å²) in [5, 5.41) is 13.8. The van der Waals surface area contributed by atoms with Gasteiger partial charge in [-0.25, -0.2) is 4.98 Å². The Bertz CT molecular complexity index is 423. The summed E-state index contributed by atoms with van der Waals surface area (Å²) in [5.41, 5.74) is 0.757. The molecule has 0 saturated heterocycles. The number of rotatable bonds is 8. The van der Waals surface area contributed by atoms with Gasteiger partial charge >= 0.3 is 5.69 Å². The lowest BCUT2D eigenvalue weighted by molar-refractivity contribution is -0.384. The Morgan fingerprint density at radius 3 is 2.84 bits per heavy atom. The zero-order chi connectivity index (χ0) is 14.3. The summed E-state index contributed by atoms with van der Waals surface area (Å²) < 4.78 is 5.39. The Labute approximate surface area is 112 Å². The van der Waals surface area contributed by atoms with Crippen LogP contribution in [0.15, 0.2) is 12.3 Å². The molecule has 0 radical (unpaired) electrons. The minimum Gasteiger partial charge on any atom is -0.378 e. The number of ether oxygens (including phenoxy) is 1. The predicted octanol–water partition coefficient (Wildman–Crippen LogP) is 1.29. The fraction of sp³-hybridized carbons (Fsp3) is 0.583. The van der Waals surface area contributed by atoms with Gasteiger partial charge < -0.3 is 15.0 Å². The Kier molecular flexibility index (Phi) is 6.17. The number of hydrogen-bond acceptors (Lipinski definition) is 6. The minimum atomic E-state index is -0.435. The number of aryl methyl sites for hydroxylation is 1. The van der Waals surface area contributed by atoms with Crippen LogP contribution in [0.4, 0.5) is 11.5 Å². The number of nitrogens with one attached hydrogen (secondary N) is 1. The van der Waals surface area contributed by atoms with E-state index in [2.05, 4.69) is 10.3 Å². The van der Waals surface area contributed by atoms with E-state index in [1.165, 1.54) is 6.07 Å². The Morgan fingerprint density at radius 2 is 2.21 bits per heavy atom. The summed E-state index contributed by atoms with van der Waals surface area (Å²) in [6, 6.07) is 1.50. The van der Waals surface area contributed by atoms with Gasteiger partial charge in [-0.2, -0.15) is 0 Å². The maximum Gasteiger partial charge on any atom is 0.311 e. The third-order valence-corrected chi connectivity index (χ3v) is 2.42. The van der Waals surface area contributed by atoms with Crippen molar-refractivity contribution in [3.63, 3.8) is 0 Å². The van der Waals surface area contributed by atoms with E-state index in [0.29, 0.717) is 19.8 Å². The molecule has 0 aliphatic heterocycles. The lowest BCUT2D eigenvalue weighted by atomic mass is 10.3. The van der Waals surface area contributed by atoms with Crippen molar-refractivity contribution in [3.8, 4) is 0 Å². The van der Waals surface area contributed by atoms with Gasteiger partial charge in [-0.15, -0.1) is 0 Å². The number of nitro groups is 1. The second-order valence-corrected chi connectivity index (χ2v) is 4.48. The smallest absolute Gasteiger partial charge is 0.311 e. The van der Waals surface area contributed by atoms with Crippen LogP contribution >= 0.6 is 0 Å². The molecule has 106 valence electrons. The fourth-order valence-electron chi connectivity index (χ4n) is 1.42. The molecule has 0 aliphatic carbocycles. The van der Waals surface area contributed by atoms with Gasteiger partial charge in [0.25, 0.3) is 0 Å². The second kappa shape index (κ2) is 7.65. The second-order valence-electron chi connectivity index (χ2n) is 4.48. The standard InChI is InChI=1S/C12H20N4O3/c1-10-8-11(16(17)18)12(14-9-10)13-4-6-19-7-5-15(2)3/h8-9H,4-7H2,1-3H3,(H,13,14). The molecule has 7 heteroatoms. The maximum atomic E-state index is 10.9. The van der Waals surface area contributed by atoms with Crippen molar-refractivity contribution < 1.29 is 9.66 Å². The number of hydrogen-bond donors (Lipinski definition) is 1.